The van der Waals surface area contributed by atoms with Gasteiger partial charge >= 0.3 is 0 Å². The Morgan fingerprint density at radius 3 is 0.966 bits per heavy atom. The molecule has 2 fully saturated rings. The van der Waals surface area contributed by atoms with E-state index in [-0.39, 0.29) is 33.0 Å². The standard InChI is InChI=1S/C47H53NO10/c48-38-40(51)39(50)37(26-49)57-47(38)58-46-44(55-30-35-22-12-4-13-23-35)42(53-28-33-18-8-2-9-19-33)41(52-27-32-16-6-1-7-17-32)43(54-29-34-20-10-3-11-21-34)45(46)56-31-36-24-14-5-15-25-36/h1-25,37-47,49-51H,26-31,48H2/t37-,38-,39-,40-,41?,42-,43+,44-,45+,46?,47-/m1/s1. The zero-order chi connectivity index (χ0) is 40.1. The first-order valence-corrected chi connectivity index (χ1v) is 19.8. The van der Waals surface area contributed by atoms with E-state index >= 15 is 0 Å². The average Bonchev–Trinajstić information content (AvgIpc) is 3.28. The molecule has 58 heavy (non-hydrogen) atoms. The molecular formula is C47H53NO10. The highest BCUT2D eigenvalue weighted by Crippen LogP contribution is 2.38. The van der Waals surface area contributed by atoms with Crippen molar-refractivity contribution in [1.82, 2.24) is 0 Å². The van der Waals surface area contributed by atoms with E-state index in [0.29, 0.717) is 0 Å². The lowest BCUT2D eigenvalue weighted by atomic mass is 9.83. The molecule has 0 radical (unpaired) electrons. The third kappa shape index (κ3) is 10.8. The van der Waals surface area contributed by atoms with E-state index in [4.69, 9.17) is 38.9 Å². The number of rotatable bonds is 18. The molecule has 2 unspecified atom stereocenters. The van der Waals surface area contributed by atoms with Crippen LogP contribution in [0.15, 0.2) is 152 Å². The number of aliphatic hydroxyl groups is 3. The fourth-order valence-corrected chi connectivity index (χ4v) is 7.44. The first-order valence-electron chi connectivity index (χ1n) is 19.8. The molecule has 1 saturated heterocycles. The number of nitrogens with two attached hydrogens (primary N) is 1. The van der Waals surface area contributed by atoms with Gasteiger partial charge in [-0.05, 0) is 27.8 Å². The second kappa shape index (κ2) is 21.1. The molecule has 1 saturated carbocycles. The maximum absolute atomic E-state index is 11.1. The molecule has 7 rings (SSSR count). The first kappa shape index (κ1) is 41.8. The number of aliphatic hydroxyl groups excluding tert-OH is 3. The Bertz CT molecular complexity index is 1790. The largest absolute Gasteiger partial charge is 0.394 e. The van der Waals surface area contributed by atoms with Crippen LogP contribution < -0.4 is 5.73 Å². The van der Waals surface area contributed by atoms with Crippen LogP contribution in [0.4, 0.5) is 0 Å². The van der Waals surface area contributed by atoms with E-state index in [1.165, 1.54) is 0 Å². The molecule has 306 valence electrons. The molecule has 11 heteroatoms. The molecule has 0 aromatic heterocycles. The van der Waals surface area contributed by atoms with Crippen molar-refractivity contribution in [3.05, 3.63) is 179 Å². The van der Waals surface area contributed by atoms with Crippen molar-refractivity contribution in [3.63, 3.8) is 0 Å². The van der Waals surface area contributed by atoms with Gasteiger partial charge in [0.2, 0.25) is 0 Å². The molecule has 5 aromatic carbocycles. The Morgan fingerprint density at radius 2 is 0.690 bits per heavy atom. The van der Waals surface area contributed by atoms with Crippen LogP contribution in [0.25, 0.3) is 0 Å². The van der Waals surface area contributed by atoms with Crippen LogP contribution in [0.2, 0.25) is 0 Å². The van der Waals surface area contributed by atoms with E-state index in [0.717, 1.165) is 27.8 Å². The van der Waals surface area contributed by atoms with E-state index in [2.05, 4.69) is 0 Å². The lowest BCUT2D eigenvalue weighted by Crippen LogP contribution is -2.70. The normalized spacial score (nSPS) is 28.6. The second-order valence-corrected chi connectivity index (χ2v) is 14.7. The van der Waals surface area contributed by atoms with Gasteiger partial charge in [-0.3, -0.25) is 0 Å². The molecule has 1 aliphatic carbocycles. The van der Waals surface area contributed by atoms with Gasteiger partial charge in [-0.25, -0.2) is 0 Å². The van der Waals surface area contributed by atoms with Gasteiger partial charge in [0.05, 0.1) is 45.7 Å². The third-order valence-corrected chi connectivity index (χ3v) is 10.6. The van der Waals surface area contributed by atoms with Gasteiger partial charge in [-0.2, -0.15) is 0 Å². The topological polar surface area (TPSA) is 151 Å². The predicted octanol–water partition coefficient (Wildman–Crippen LogP) is 5.08. The van der Waals surface area contributed by atoms with E-state index in [9.17, 15) is 15.3 Å². The van der Waals surface area contributed by atoms with Crippen molar-refractivity contribution in [2.45, 2.75) is 100 Å². The highest BCUT2D eigenvalue weighted by atomic mass is 16.7. The summed E-state index contributed by atoms with van der Waals surface area (Å²) < 4.78 is 47.6. The highest BCUT2D eigenvalue weighted by Gasteiger charge is 2.57. The van der Waals surface area contributed by atoms with Gasteiger partial charge < -0.3 is 54.2 Å². The van der Waals surface area contributed by atoms with Crippen LogP contribution >= 0.6 is 0 Å². The quantitative estimate of drug-likeness (QED) is 0.0942. The number of hydrogen-bond donors (Lipinski definition) is 4. The molecule has 1 aliphatic heterocycles. The van der Waals surface area contributed by atoms with Gasteiger partial charge in [0.25, 0.3) is 0 Å². The summed E-state index contributed by atoms with van der Waals surface area (Å²) in [5, 5.41) is 31.9. The molecule has 0 bridgehead atoms. The molecular weight excluding hydrogens is 739 g/mol. The summed E-state index contributed by atoms with van der Waals surface area (Å²) in [5.41, 5.74) is 11.2. The minimum atomic E-state index is -1.45. The molecule has 5 aromatic rings. The number of ether oxygens (including phenoxy) is 7. The summed E-state index contributed by atoms with van der Waals surface area (Å²) >= 11 is 0. The van der Waals surface area contributed by atoms with Gasteiger partial charge in [0, 0.05) is 0 Å². The molecule has 5 N–H and O–H groups in total. The fourth-order valence-electron chi connectivity index (χ4n) is 7.44. The summed E-state index contributed by atoms with van der Waals surface area (Å²) in [4.78, 5) is 0. The molecule has 11 atom stereocenters. The minimum absolute atomic E-state index is 0.182. The first-order chi connectivity index (χ1) is 28.5. The van der Waals surface area contributed by atoms with Crippen molar-refractivity contribution < 1.29 is 48.5 Å². The molecule has 0 spiro atoms. The zero-order valence-corrected chi connectivity index (χ0v) is 32.3. The van der Waals surface area contributed by atoms with Crippen LogP contribution in [0.5, 0.6) is 0 Å². The number of hydrogen-bond acceptors (Lipinski definition) is 11. The predicted molar refractivity (Wildman–Crippen MR) is 216 cm³/mol. The van der Waals surface area contributed by atoms with Crippen molar-refractivity contribution in [1.29, 1.82) is 0 Å². The Labute approximate surface area is 339 Å². The summed E-state index contributed by atoms with van der Waals surface area (Å²) in [6.07, 6.45) is -10.5. The Kier molecular flexibility index (Phi) is 15.2. The summed E-state index contributed by atoms with van der Waals surface area (Å²) in [6, 6.07) is 47.9. The van der Waals surface area contributed by atoms with Crippen LogP contribution in [-0.4, -0.2) is 89.2 Å². The maximum Gasteiger partial charge on any atom is 0.176 e. The Balaban J connectivity index is 1.33. The summed E-state index contributed by atoms with van der Waals surface area (Å²) in [7, 11) is 0. The lowest BCUT2D eigenvalue weighted by molar-refractivity contribution is -0.337. The van der Waals surface area contributed by atoms with Crippen molar-refractivity contribution in [3.8, 4) is 0 Å². The monoisotopic (exact) mass is 791 g/mol. The van der Waals surface area contributed by atoms with Crippen LogP contribution in [0.1, 0.15) is 27.8 Å². The highest BCUT2D eigenvalue weighted by molar-refractivity contribution is 5.18. The van der Waals surface area contributed by atoms with Crippen LogP contribution in [-0.2, 0) is 66.2 Å². The van der Waals surface area contributed by atoms with Crippen LogP contribution in [0, 0.1) is 0 Å². The fraction of sp³-hybridized carbons (Fsp3) is 0.362. The molecule has 0 amide bonds. The van der Waals surface area contributed by atoms with Crippen molar-refractivity contribution >= 4 is 0 Å². The average molecular weight is 792 g/mol. The zero-order valence-electron chi connectivity index (χ0n) is 32.3. The Hall–Kier alpha value is -4.34. The summed E-state index contributed by atoms with van der Waals surface area (Å²) in [6.45, 7) is 0.461. The lowest BCUT2D eigenvalue weighted by Gasteiger charge is -2.51. The molecule has 2 aliphatic rings. The minimum Gasteiger partial charge on any atom is -0.394 e. The van der Waals surface area contributed by atoms with E-state index < -0.39 is 73.9 Å². The smallest absolute Gasteiger partial charge is 0.176 e. The van der Waals surface area contributed by atoms with Gasteiger partial charge in [0.15, 0.2) is 6.29 Å². The molecule has 1 heterocycles. The van der Waals surface area contributed by atoms with E-state index in [1.807, 2.05) is 152 Å². The maximum atomic E-state index is 11.1. The second-order valence-electron chi connectivity index (χ2n) is 14.7. The van der Waals surface area contributed by atoms with Crippen LogP contribution in [0.3, 0.4) is 0 Å². The van der Waals surface area contributed by atoms with Gasteiger partial charge in [0.1, 0.15) is 54.9 Å². The Morgan fingerprint density at radius 1 is 0.414 bits per heavy atom. The molecule has 11 nitrogen and oxygen atoms in total. The number of benzene rings is 5. The SMILES string of the molecule is N[C@H]1[C@@H](OC2[C@@H](OCc3ccccc3)[C@@H](OCc3ccccc3)C(OCc3ccccc3)[C@@H](OCc3ccccc3)[C@H]2OCc2ccccc2)O[C@H](CO)[C@@H](O)[C@@H]1O. The third-order valence-electron chi connectivity index (χ3n) is 10.6. The van der Waals surface area contributed by atoms with Gasteiger partial charge in [-0.1, -0.05) is 152 Å². The van der Waals surface area contributed by atoms with E-state index in [1.54, 1.807) is 0 Å². The van der Waals surface area contributed by atoms with Gasteiger partial charge in [-0.15, -0.1) is 0 Å². The van der Waals surface area contributed by atoms with Crippen molar-refractivity contribution in [2.24, 2.45) is 5.73 Å². The van der Waals surface area contributed by atoms with Crippen molar-refractivity contribution in [2.75, 3.05) is 6.61 Å². The summed E-state index contributed by atoms with van der Waals surface area (Å²) in [5.74, 6) is 0.